The fourth-order valence-electron chi connectivity index (χ4n) is 8.09. The van der Waals surface area contributed by atoms with Crippen molar-refractivity contribution < 1.29 is 47.1 Å². The zero-order valence-electron chi connectivity index (χ0n) is 44.0. The molecule has 0 heterocycles. The molecule has 0 aromatic heterocycles. The van der Waals surface area contributed by atoms with Gasteiger partial charge in [-0.3, -0.25) is 9.59 Å². The number of nitrogens with one attached hydrogen (secondary N) is 2. The van der Waals surface area contributed by atoms with Gasteiger partial charge in [-0.25, -0.2) is 9.46 Å². The number of benzene rings is 6. The molecule has 17 heteroatoms. The van der Waals surface area contributed by atoms with Crippen molar-refractivity contribution >= 4 is 37.7 Å². The van der Waals surface area contributed by atoms with Crippen molar-refractivity contribution in [1.29, 1.82) is 5.26 Å². The number of nitriles is 1. The van der Waals surface area contributed by atoms with Crippen molar-refractivity contribution in [1.82, 2.24) is 15.3 Å². The lowest BCUT2D eigenvalue weighted by Gasteiger charge is -2.36. The van der Waals surface area contributed by atoms with E-state index in [0.717, 1.165) is 28.2 Å². The van der Waals surface area contributed by atoms with Gasteiger partial charge in [-0.2, -0.15) is 10.4 Å². The summed E-state index contributed by atoms with van der Waals surface area (Å²) < 4.78 is 43.8. The van der Waals surface area contributed by atoms with Crippen LogP contribution in [-0.2, 0) is 24.2 Å². The Morgan fingerprint density at radius 1 is 0.632 bits per heavy atom. The van der Waals surface area contributed by atoms with Crippen LogP contribution in [0.5, 0.6) is 23.0 Å². The average Bonchev–Trinajstić information content (AvgIpc) is 3.44. The van der Waals surface area contributed by atoms with Crippen LogP contribution in [0.1, 0.15) is 90.8 Å². The van der Waals surface area contributed by atoms with Gasteiger partial charge in [-0.1, -0.05) is 72.8 Å². The number of carbonyl (C=O) groups is 3. The maximum Gasteiger partial charge on any atom is 0.343 e. The van der Waals surface area contributed by atoms with Gasteiger partial charge < -0.3 is 43.4 Å². The minimum atomic E-state index is -1.43. The lowest BCUT2D eigenvalue weighted by Crippen LogP contribution is -2.34. The first-order valence-corrected chi connectivity index (χ1v) is 26.4. The Morgan fingerprint density at radius 3 is 1.83 bits per heavy atom. The summed E-state index contributed by atoms with van der Waals surface area (Å²) in [7, 11) is 1.84. The molecule has 6 aromatic carbocycles. The Morgan fingerprint density at radius 2 is 1.22 bits per heavy atom. The van der Waals surface area contributed by atoms with Crippen LogP contribution >= 0.6 is 8.53 Å². The van der Waals surface area contributed by atoms with Gasteiger partial charge in [0.1, 0.15) is 28.5 Å². The van der Waals surface area contributed by atoms with E-state index in [4.69, 9.17) is 38.0 Å². The van der Waals surface area contributed by atoms with Gasteiger partial charge >= 0.3 is 5.97 Å². The van der Waals surface area contributed by atoms with Crippen LogP contribution in [0.2, 0.25) is 0 Å². The van der Waals surface area contributed by atoms with Gasteiger partial charge in [0.2, 0.25) is 5.91 Å². The third-order valence-electron chi connectivity index (χ3n) is 11.7. The molecule has 0 aliphatic heterocycles. The Labute approximate surface area is 447 Å². The number of methoxy groups -OCH3 is 2. The fourth-order valence-corrected chi connectivity index (χ4v) is 9.68. The van der Waals surface area contributed by atoms with Crippen molar-refractivity contribution in [2.75, 3.05) is 53.7 Å². The molecule has 2 N–H and O–H groups in total. The van der Waals surface area contributed by atoms with Crippen molar-refractivity contribution in [3.8, 4) is 29.1 Å². The van der Waals surface area contributed by atoms with E-state index in [1.165, 1.54) is 0 Å². The molecule has 0 bridgehead atoms. The summed E-state index contributed by atoms with van der Waals surface area (Å²) in [6.45, 7) is 9.83. The Kier molecular flexibility index (Phi) is 22.9. The lowest BCUT2D eigenvalue weighted by molar-refractivity contribution is -0.121. The van der Waals surface area contributed by atoms with Crippen LogP contribution < -0.4 is 29.6 Å². The molecule has 1 unspecified atom stereocenters. The summed E-state index contributed by atoms with van der Waals surface area (Å²) in [5.74, 6) is 1.00. The second-order valence-corrected chi connectivity index (χ2v) is 19.2. The third-order valence-corrected chi connectivity index (χ3v) is 13.9. The van der Waals surface area contributed by atoms with Crippen LogP contribution in [0.4, 0.5) is 11.4 Å². The normalized spacial score (nSPS) is 11.8. The van der Waals surface area contributed by atoms with E-state index in [0.29, 0.717) is 48.5 Å². The molecule has 2 amide bonds. The second kappa shape index (κ2) is 30.1. The SMILES string of the molecule is COc1ccc(C(OCCCNC(=O)CCCOc2cc(OC(=O)c3ccccc3)ccc2N=Nc2ccc(C(=O)NCCOP(OCCC#N)N(C(C)C)C(C)C)cc2)(c2ccccc2)c2ccc(OC)cc2)cc1. The van der Waals surface area contributed by atoms with Crippen LogP contribution in [0.15, 0.2) is 162 Å². The molecule has 0 spiro atoms. The lowest BCUT2D eigenvalue weighted by atomic mass is 9.80. The quantitative estimate of drug-likeness (QED) is 0.0108. The van der Waals surface area contributed by atoms with Crippen LogP contribution in [0.3, 0.4) is 0 Å². The summed E-state index contributed by atoms with van der Waals surface area (Å²) >= 11 is 0. The number of hydrogen-bond donors (Lipinski definition) is 2. The Balaban J connectivity index is 1.04. The van der Waals surface area contributed by atoms with Gasteiger partial charge in [0, 0.05) is 43.2 Å². The molecular weight excluding hydrogens is 984 g/mol. The highest BCUT2D eigenvalue weighted by molar-refractivity contribution is 7.44. The standard InChI is InChI=1S/C59H67N6O10P/c1-43(2)65(44(3)4)76(73-40-14-35-60)74-41-37-62-57(67)45-21-27-50(28-22-45)63-64-54-34-33-53(75-58(68)46-16-9-7-10-17-46)42-55(54)71-38-13-20-56(66)61-36-15-39-72-59(47-18-11-8-12-19-47,48-23-29-51(69-5)30-24-48)49-25-31-52(70-6)32-26-49/h7-12,16-19,21-34,42-44H,13-15,20,36-41H2,1-6H3,(H,61,66)(H,62,67). The van der Waals surface area contributed by atoms with E-state index >= 15 is 0 Å². The first kappa shape index (κ1) is 57.8. The van der Waals surface area contributed by atoms with Crippen molar-refractivity contribution in [2.24, 2.45) is 10.2 Å². The fraction of sp³-hybridized carbons (Fsp3) is 0.322. The molecule has 76 heavy (non-hydrogen) atoms. The number of esters is 1. The van der Waals surface area contributed by atoms with E-state index in [9.17, 15) is 14.4 Å². The summed E-state index contributed by atoms with van der Waals surface area (Å²) in [6.07, 6.45) is 1.36. The van der Waals surface area contributed by atoms with E-state index in [-0.39, 0.29) is 74.6 Å². The molecule has 6 rings (SSSR count). The van der Waals surface area contributed by atoms with Gasteiger partial charge in [0.25, 0.3) is 14.4 Å². The highest BCUT2D eigenvalue weighted by Crippen LogP contribution is 2.46. The molecule has 0 saturated heterocycles. The molecule has 16 nitrogen and oxygen atoms in total. The Bertz CT molecular complexity index is 2760. The smallest absolute Gasteiger partial charge is 0.343 e. The summed E-state index contributed by atoms with van der Waals surface area (Å²) in [5, 5.41) is 23.7. The predicted octanol–water partition coefficient (Wildman–Crippen LogP) is 12.0. The highest BCUT2D eigenvalue weighted by atomic mass is 31.2. The van der Waals surface area contributed by atoms with Gasteiger partial charge in [0.05, 0.1) is 64.4 Å². The third kappa shape index (κ3) is 16.7. The van der Waals surface area contributed by atoms with E-state index in [1.54, 1.807) is 80.9 Å². The number of amides is 2. The zero-order valence-corrected chi connectivity index (χ0v) is 44.9. The first-order chi connectivity index (χ1) is 36.9. The first-order valence-electron chi connectivity index (χ1n) is 25.3. The summed E-state index contributed by atoms with van der Waals surface area (Å²) in [6, 6.07) is 48.2. The average molecular weight is 1050 g/mol. The minimum absolute atomic E-state index is 0.147. The van der Waals surface area contributed by atoms with Gasteiger partial charge in [0.15, 0.2) is 5.75 Å². The Hall–Kier alpha value is -7.51. The number of rotatable bonds is 30. The number of nitrogens with zero attached hydrogens (tertiary/aromatic N) is 4. The number of carbonyl (C=O) groups excluding carboxylic acids is 3. The summed E-state index contributed by atoms with van der Waals surface area (Å²) in [5.41, 5.74) is 3.44. The van der Waals surface area contributed by atoms with E-state index < -0.39 is 20.1 Å². The van der Waals surface area contributed by atoms with Crippen molar-refractivity contribution in [3.63, 3.8) is 0 Å². The van der Waals surface area contributed by atoms with Gasteiger partial charge in [-0.15, -0.1) is 5.11 Å². The predicted molar refractivity (Wildman–Crippen MR) is 293 cm³/mol. The van der Waals surface area contributed by atoms with Gasteiger partial charge in [-0.05, 0) is 130 Å². The second-order valence-electron chi connectivity index (χ2n) is 17.8. The van der Waals surface area contributed by atoms with Crippen LogP contribution in [0, 0.1) is 11.3 Å². The highest BCUT2D eigenvalue weighted by Gasteiger charge is 2.38. The van der Waals surface area contributed by atoms with Crippen LogP contribution in [-0.4, -0.2) is 88.3 Å². The summed E-state index contributed by atoms with van der Waals surface area (Å²) in [4.78, 5) is 39.1. The minimum Gasteiger partial charge on any atom is -0.497 e. The molecule has 6 aromatic rings. The van der Waals surface area contributed by atoms with E-state index in [1.807, 2.05) is 84.9 Å². The van der Waals surface area contributed by atoms with E-state index in [2.05, 4.69) is 59.3 Å². The number of hydrogen-bond acceptors (Lipinski definition) is 14. The van der Waals surface area contributed by atoms with Crippen molar-refractivity contribution in [3.05, 3.63) is 179 Å². The maximum atomic E-state index is 13.1. The molecule has 0 fully saturated rings. The molecule has 0 aliphatic rings. The molecule has 1 atom stereocenters. The maximum absolute atomic E-state index is 13.1. The number of ether oxygens (including phenoxy) is 5. The van der Waals surface area contributed by atoms with Crippen molar-refractivity contribution in [2.45, 2.75) is 71.1 Å². The molecule has 0 radical (unpaired) electrons. The molecule has 398 valence electrons. The monoisotopic (exact) mass is 1050 g/mol. The largest absolute Gasteiger partial charge is 0.497 e. The molecular formula is C59H67N6O10P. The molecule has 0 aliphatic carbocycles. The molecule has 0 saturated carbocycles. The zero-order chi connectivity index (χ0) is 54.1. The number of azo groups is 1. The van der Waals surface area contributed by atoms with Crippen LogP contribution in [0.25, 0.3) is 0 Å². The topological polar surface area (TPSA) is 192 Å².